The van der Waals surface area contributed by atoms with E-state index in [0.717, 1.165) is 0 Å². The Kier molecular flexibility index (Phi) is 8.67. The van der Waals surface area contributed by atoms with Gasteiger partial charge in [0.1, 0.15) is 0 Å². The van der Waals surface area contributed by atoms with Gasteiger partial charge in [-0.1, -0.05) is 0 Å². The van der Waals surface area contributed by atoms with Gasteiger partial charge in [-0.3, -0.25) is 0 Å². The van der Waals surface area contributed by atoms with Gasteiger partial charge < -0.3 is 0 Å². The smallest absolute Gasteiger partial charge is 0.174 e. The topological polar surface area (TPSA) is 0 Å². The van der Waals surface area contributed by atoms with E-state index in [-0.39, 0.29) is 27.3 Å². The van der Waals surface area contributed by atoms with Gasteiger partial charge in [0.25, 0.3) is 0 Å². The van der Waals surface area contributed by atoms with Crippen LogP contribution >= 0.6 is 0 Å². The SMILES string of the molecule is FC(F)F.[Cd]. The fourth-order valence-electron chi connectivity index (χ4n) is 0. The number of hydrogen-bond donors (Lipinski definition) is 0. The Balaban J connectivity index is 0. The minimum Gasteiger partial charge on any atom is -0.174 e. The predicted molar refractivity (Wildman–Crippen MR) is 7.11 cm³/mol. The molecule has 0 bridgehead atoms. The van der Waals surface area contributed by atoms with Gasteiger partial charge in [0.05, 0.1) is 0 Å². The van der Waals surface area contributed by atoms with Crippen LogP contribution in [0.3, 0.4) is 0 Å². The summed E-state index contributed by atoms with van der Waals surface area (Å²) in [6.07, 6.45) is 0. The molecule has 0 radical (unpaired) electrons. The summed E-state index contributed by atoms with van der Waals surface area (Å²) in [6.45, 7) is -3.67. The fraction of sp³-hybridized carbons (Fsp3) is 1.00. The molecule has 0 spiro atoms. The van der Waals surface area contributed by atoms with Gasteiger partial charge in [0, 0.05) is 27.3 Å². The average molecular weight is 182 g/mol. The molecule has 0 aromatic rings. The van der Waals surface area contributed by atoms with E-state index in [1.54, 1.807) is 0 Å². The van der Waals surface area contributed by atoms with Crippen molar-refractivity contribution in [1.82, 2.24) is 0 Å². The molecule has 0 atom stereocenters. The third-order valence-electron chi connectivity index (χ3n) is 0. The first-order chi connectivity index (χ1) is 1.73. The standard InChI is InChI=1S/CHF3.Cd/c2-1(3)4;/h1H;. The van der Waals surface area contributed by atoms with Crippen molar-refractivity contribution in [2.45, 2.75) is 6.68 Å². The van der Waals surface area contributed by atoms with Gasteiger partial charge in [0.2, 0.25) is 0 Å². The monoisotopic (exact) mass is 184 g/mol. The largest absolute Gasteiger partial charge is 0.379 e. The Morgan fingerprint density at radius 3 is 1.00 bits per heavy atom. The average Bonchev–Trinajstić information content (AvgIpc) is 0.811. The Bertz CT molecular complexity index is 11.6. The van der Waals surface area contributed by atoms with Crippen molar-refractivity contribution in [3.63, 3.8) is 0 Å². The number of rotatable bonds is 0. The van der Waals surface area contributed by atoms with Crippen LogP contribution in [-0.4, -0.2) is 6.68 Å². The molecule has 4 heteroatoms. The van der Waals surface area contributed by atoms with E-state index in [2.05, 4.69) is 0 Å². The van der Waals surface area contributed by atoms with Gasteiger partial charge in [-0.15, -0.1) is 0 Å². The molecule has 0 heterocycles. The Morgan fingerprint density at radius 1 is 1.00 bits per heavy atom. The molecule has 0 aromatic heterocycles. The number of hydrogen-bond acceptors (Lipinski definition) is 0. The first-order valence-electron chi connectivity index (χ1n) is 0.655. The van der Waals surface area contributed by atoms with Gasteiger partial charge in [0.15, 0.2) is 0 Å². The Labute approximate surface area is 47.5 Å². The molecular weight excluding hydrogens is 181 g/mol. The van der Waals surface area contributed by atoms with Gasteiger partial charge >= 0.3 is 6.68 Å². The summed E-state index contributed by atoms with van der Waals surface area (Å²) in [6, 6.07) is 0. The van der Waals surface area contributed by atoms with E-state index in [1.807, 2.05) is 0 Å². The van der Waals surface area contributed by atoms with Crippen molar-refractivity contribution in [1.29, 1.82) is 0 Å². The van der Waals surface area contributed by atoms with E-state index in [0.29, 0.717) is 0 Å². The molecule has 0 aromatic carbocycles. The predicted octanol–water partition coefficient (Wildman–Crippen LogP) is 1.18. The minimum absolute atomic E-state index is 0. The van der Waals surface area contributed by atoms with Crippen LogP contribution in [0.1, 0.15) is 0 Å². The fourth-order valence-corrected chi connectivity index (χ4v) is 0. The number of alkyl halides is 3. The van der Waals surface area contributed by atoms with Gasteiger partial charge in [-0.05, 0) is 0 Å². The van der Waals surface area contributed by atoms with Crippen molar-refractivity contribution in [2.75, 3.05) is 0 Å². The zero-order valence-electron chi connectivity index (χ0n) is 2.42. The van der Waals surface area contributed by atoms with E-state index in [9.17, 15) is 13.2 Å². The van der Waals surface area contributed by atoms with Crippen LogP contribution in [0.15, 0.2) is 0 Å². The van der Waals surface area contributed by atoms with Crippen molar-refractivity contribution in [3.05, 3.63) is 0 Å². The van der Waals surface area contributed by atoms with Crippen LogP contribution in [-0.2, 0) is 27.3 Å². The van der Waals surface area contributed by atoms with E-state index in [4.69, 9.17) is 0 Å². The van der Waals surface area contributed by atoms with Crippen LogP contribution in [0.2, 0.25) is 0 Å². The summed E-state index contributed by atoms with van der Waals surface area (Å²) in [7, 11) is 0. The summed E-state index contributed by atoms with van der Waals surface area (Å²) < 4.78 is 29.0. The summed E-state index contributed by atoms with van der Waals surface area (Å²) in [5.74, 6) is 0. The van der Waals surface area contributed by atoms with Gasteiger partial charge in [-0.2, -0.15) is 13.2 Å². The van der Waals surface area contributed by atoms with Crippen LogP contribution in [0.25, 0.3) is 0 Å². The quantitative estimate of drug-likeness (QED) is 0.494. The maximum atomic E-state index is 9.67. The molecule has 0 N–H and O–H groups in total. The molecule has 0 nitrogen and oxygen atoms in total. The molecule has 28 valence electrons. The zero-order chi connectivity index (χ0) is 3.58. The summed E-state index contributed by atoms with van der Waals surface area (Å²) >= 11 is 0. The minimum atomic E-state index is -3.67. The van der Waals surface area contributed by atoms with E-state index in [1.165, 1.54) is 0 Å². The van der Waals surface area contributed by atoms with Crippen LogP contribution in [0, 0.1) is 0 Å². The molecule has 0 unspecified atom stereocenters. The summed E-state index contributed by atoms with van der Waals surface area (Å²) in [5.41, 5.74) is 0. The van der Waals surface area contributed by atoms with Crippen LogP contribution in [0.5, 0.6) is 0 Å². The van der Waals surface area contributed by atoms with Crippen molar-refractivity contribution in [3.8, 4) is 0 Å². The first kappa shape index (κ1) is 9.20. The van der Waals surface area contributed by atoms with E-state index < -0.39 is 6.68 Å². The molecule has 0 saturated carbocycles. The summed E-state index contributed by atoms with van der Waals surface area (Å²) in [5, 5.41) is 0. The van der Waals surface area contributed by atoms with Gasteiger partial charge in [-0.25, -0.2) is 0 Å². The second kappa shape index (κ2) is 4.71. The zero-order valence-corrected chi connectivity index (χ0v) is 6.45. The van der Waals surface area contributed by atoms with Crippen LogP contribution < -0.4 is 0 Å². The molecule has 0 fully saturated rings. The second-order valence-corrected chi connectivity index (χ2v) is 0.247. The van der Waals surface area contributed by atoms with Crippen molar-refractivity contribution < 1.29 is 40.5 Å². The Morgan fingerprint density at radius 2 is 1.00 bits per heavy atom. The third kappa shape index (κ3) is 68.4. The second-order valence-electron chi connectivity index (χ2n) is 0.247. The normalized spacial score (nSPS) is 7.20. The van der Waals surface area contributed by atoms with Crippen LogP contribution in [0.4, 0.5) is 13.2 Å². The molecule has 0 amide bonds. The van der Waals surface area contributed by atoms with Crippen molar-refractivity contribution >= 4 is 0 Å². The van der Waals surface area contributed by atoms with E-state index >= 15 is 0 Å². The molecule has 5 heavy (non-hydrogen) atoms. The number of halogens is 3. The molecule has 0 aliphatic heterocycles. The Hall–Kier alpha value is 0.712. The molecular formula is CHCdF3. The maximum absolute atomic E-state index is 9.67. The molecule has 0 aliphatic rings. The van der Waals surface area contributed by atoms with Crippen molar-refractivity contribution in [2.24, 2.45) is 0 Å². The first-order valence-corrected chi connectivity index (χ1v) is 0.655. The maximum Gasteiger partial charge on any atom is 0.379 e. The molecule has 0 aliphatic carbocycles. The molecule has 0 rings (SSSR count). The molecule has 0 saturated heterocycles. The third-order valence-corrected chi connectivity index (χ3v) is 0. The summed E-state index contributed by atoms with van der Waals surface area (Å²) in [4.78, 5) is 0.